The number of hydrogen-bond donors (Lipinski definition) is 0. The molecule has 0 aliphatic carbocycles. The van der Waals surface area contributed by atoms with Crippen molar-refractivity contribution in [2.45, 2.75) is 13.8 Å². The number of rotatable bonds is 6. The quantitative estimate of drug-likeness (QED) is 0.403. The van der Waals surface area contributed by atoms with Gasteiger partial charge in [-0.3, -0.25) is 0 Å². The van der Waals surface area contributed by atoms with Gasteiger partial charge in [0.15, 0.2) is 0 Å². The highest BCUT2D eigenvalue weighted by atomic mass is 35.5. The molecule has 0 fully saturated rings. The van der Waals surface area contributed by atoms with Gasteiger partial charge in [-0.25, -0.2) is 19.4 Å². The molecule has 7 nitrogen and oxygen atoms in total. The van der Waals surface area contributed by atoms with E-state index in [1.165, 1.54) is 30.5 Å². The van der Waals surface area contributed by atoms with E-state index in [1.54, 1.807) is 13.8 Å². The zero-order valence-electron chi connectivity index (χ0n) is 14.5. The van der Waals surface area contributed by atoms with Crippen LogP contribution >= 0.6 is 23.2 Å². The lowest BCUT2D eigenvalue weighted by atomic mass is 10.1. The van der Waals surface area contributed by atoms with Gasteiger partial charge in [-0.15, -0.1) is 0 Å². The van der Waals surface area contributed by atoms with Gasteiger partial charge in [-0.05, 0) is 38.1 Å². The second-order valence-corrected chi connectivity index (χ2v) is 5.84. The van der Waals surface area contributed by atoms with Crippen LogP contribution < -0.4 is 4.74 Å². The molecule has 27 heavy (non-hydrogen) atoms. The molecule has 142 valence electrons. The molecule has 0 N–H and O–H groups in total. The number of carbonyl (C=O) groups is 3. The molecule has 0 aliphatic rings. The second kappa shape index (κ2) is 9.34. The van der Waals surface area contributed by atoms with E-state index in [2.05, 4.69) is 4.98 Å². The molecule has 0 aliphatic heterocycles. The van der Waals surface area contributed by atoms with Crippen molar-refractivity contribution in [2.75, 3.05) is 13.2 Å². The maximum absolute atomic E-state index is 12.3. The van der Waals surface area contributed by atoms with E-state index < -0.39 is 17.9 Å². The molecular weight excluding hydrogens is 397 g/mol. The minimum Gasteiger partial charge on any atom is -0.462 e. The smallest absolute Gasteiger partial charge is 0.345 e. The fourth-order valence-corrected chi connectivity index (χ4v) is 2.29. The fourth-order valence-electron chi connectivity index (χ4n) is 2.02. The van der Waals surface area contributed by atoms with Crippen LogP contribution in [0.2, 0.25) is 10.2 Å². The normalized spacial score (nSPS) is 10.2. The summed E-state index contributed by atoms with van der Waals surface area (Å²) in [6.07, 6.45) is 1.19. The average molecular weight is 412 g/mol. The highest BCUT2D eigenvalue weighted by Crippen LogP contribution is 2.23. The van der Waals surface area contributed by atoms with Crippen molar-refractivity contribution < 1.29 is 28.6 Å². The molecule has 0 amide bonds. The summed E-state index contributed by atoms with van der Waals surface area (Å²) < 4.78 is 15.1. The Hall–Kier alpha value is -2.64. The van der Waals surface area contributed by atoms with E-state index in [9.17, 15) is 14.4 Å². The minimum atomic E-state index is -0.795. The molecule has 2 rings (SSSR count). The van der Waals surface area contributed by atoms with Crippen molar-refractivity contribution in [3.8, 4) is 5.75 Å². The number of pyridine rings is 1. The Labute approximate surface area is 165 Å². The summed E-state index contributed by atoms with van der Waals surface area (Å²) in [5, 5.41) is 0.126. The van der Waals surface area contributed by atoms with E-state index in [4.69, 9.17) is 37.4 Å². The summed E-state index contributed by atoms with van der Waals surface area (Å²) in [4.78, 5) is 40.1. The molecular formula is C18H15Cl2NO6. The summed E-state index contributed by atoms with van der Waals surface area (Å²) in [7, 11) is 0. The Morgan fingerprint density at radius 3 is 1.89 bits per heavy atom. The van der Waals surface area contributed by atoms with Crippen LogP contribution in [0, 0.1) is 0 Å². The first-order valence-corrected chi connectivity index (χ1v) is 8.63. The average Bonchev–Trinajstić information content (AvgIpc) is 2.64. The molecule has 0 saturated carbocycles. The summed E-state index contributed by atoms with van der Waals surface area (Å²) >= 11 is 11.6. The first-order chi connectivity index (χ1) is 12.8. The van der Waals surface area contributed by atoms with E-state index in [-0.39, 0.29) is 45.8 Å². The predicted molar refractivity (Wildman–Crippen MR) is 97.6 cm³/mol. The van der Waals surface area contributed by atoms with Crippen LogP contribution in [-0.2, 0) is 9.47 Å². The van der Waals surface area contributed by atoms with E-state index in [1.807, 2.05) is 0 Å². The molecule has 1 heterocycles. The van der Waals surface area contributed by atoms with Crippen LogP contribution in [0.15, 0.2) is 30.5 Å². The summed E-state index contributed by atoms with van der Waals surface area (Å²) in [5.41, 5.74) is 0.124. The van der Waals surface area contributed by atoms with Gasteiger partial charge in [0, 0.05) is 6.20 Å². The van der Waals surface area contributed by atoms with E-state index in [0.717, 1.165) is 0 Å². The highest BCUT2D eigenvalue weighted by Gasteiger charge is 2.18. The number of hydrogen-bond acceptors (Lipinski definition) is 7. The van der Waals surface area contributed by atoms with Gasteiger partial charge in [-0.2, -0.15) is 0 Å². The lowest BCUT2D eigenvalue weighted by Gasteiger charge is -2.10. The molecule has 0 bridgehead atoms. The molecule has 0 spiro atoms. The van der Waals surface area contributed by atoms with Crippen LogP contribution in [0.1, 0.15) is 44.9 Å². The molecule has 1 aromatic heterocycles. The first kappa shape index (κ1) is 20.7. The van der Waals surface area contributed by atoms with Crippen LogP contribution in [-0.4, -0.2) is 36.1 Å². The Kier molecular flexibility index (Phi) is 7.15. The SMILES string of the molecule is CCOC(=O)c1cc(OC(=O)c2cnc(Cl)c(Cl)c2)cc(C(=O)OCC)c1. The minimum absolute atomic E-state index is 0.0393. The van der Waals surface area contributed by atoms with Crippen molar-refractivity contribution in [2.24, 2.45) is 0 Å². The van der Waals surface area contributed by atoms with E-state index >= 15 is 0 Å². The summed E-state index contributed by atoms with van der Waals surface area (Å²) in [6, 6.07) is 5.15. The topological polar surface area (TPSA) is 91.8 Å². The Morgan fingerprint density at radius 2 is 1.41 bits per heavy atom. The largest absolute Gasteiger partial charge is 0.462 e. The Balaban J connectivity index is 2.35. The third-order valence-electron chi connectivity index (χ3n) is 3.17. The van der Waals surface area contributed by atoms with Crippen LogP contribution in [0.5, 0.6) is 5.75 Å². The third-order valence-corrected chi connectivity index (χ3v) is 3.86. The van der Waals surface area contributed by atoms with Gasteiger partial charge in [0.05, 0.1) is 34.9 Å². The lowest BCUT2D eigenvalue weighted by molar-refractivity contribution is 0.0521. The third kappa shape index (κ3) is 5.42. The maximum Gasteiger partial charge on any atom is 0.345 e. The monoisotopic (exact) mass is 411 g/mol. The number of halogens is 2. The number of carbonyl (C=O) groups excluding carboxylic acids is 3. The molecule has 0 saturated heterocycles. The fraction of sp³-hybridized carbons (Fsp3) is 0.222. The Morgan fingerprint density at radius 1 is 0.852 bits per heavy atom. The number of nitrogens with zero attached hydrogens (tertiary/aromatic N) is 1. The zero-order valence-corrected chi connectivity index (χ0v) is 16.0. The lowest BCUT2D eigenvalue weighted by Crippen LogP contribution is -2.13. The van der Waals surface area contributed by atoms with Crippen LogP contribution in [0.4, 0.5) is 0 Å². The van der Waals surface area contributed by atoms with Gasteiger partial charge in [0.1, 0.15) is 10.9 Å². The molecule has 9 heteroatoms. The van der Waals surface area contributed by atoms with Gasteiger partial charge in [-0.1, -0.05) is 23.2 Å². The number of ether oxygens (including phenoxy) is 3. The van der Waals surface area contributed by atoms with Crippen molar-refractivity contribution in [3.05, 3.63) is 57.3 Å². The molecule has 1 aromatic carbocycles. The summed E-state index contributed by atoms with van der Waals surface area (Å²) in [5.74, 6) is -2.18. The number of aromatic nitrogens is 1. The molecule has 0 radical (unpaired) electrons. The first-order valence-electron chi connectivity index (χ1n) is 7.88. The molecule has 2 aromatic rings. The van der Waals surface area contributed by atoms with Gasteiger partial charge in [0.2, 0.25) is 0 Å². The zero-order chi connectivity index (χ0) is 20.0. The van der Waals surface area contributed by atoms with Crippen molar-refractivity contribution >= 4 is 41.1 Å². The number of benzene rings is 1. The van der Waals surface area contributed by atoms with Crippen molar-refractivity contribution in [1.82, 2.24) is 4.98 Å². The van der Waals surface area contributed by atoms with Gasteiger partial charge < -0.3 is 14.2 Å². The van der Waals surface area contributed by atoms with Crippen molar-refractivity contribution in [1.29, 1.82) is 0 Å². The number of esters is 3. The van der Waals surface area contributed by atoms with Crippen LogP contribution in [0.25, 0.3) is 0 Å². The maximum atomic E-state index is 12.3. The predicted octanol–water partition coefficient (Wildman–Crippen LogP) is 3.96. The standard InChI is InChI=1S/C18H15Cl2NO6/c1-3-25-16(22)10-5-11(17(23)26-4-2)7-13(6-10)27-18(24)12-8-14(19)15(20)21-9-12/h5-9H,3-4H2,1-2H3. The Bertz CT molecular complexity index is 848. The van der Waals surface area contributed by atoms with Crippen LogP contribution in [0.3, 0.4) is 0 Å². The second-order valence-electron chi connectivity index (χ2n) is 5.07. The molecule has 0 atom stereocenters. The highest BCUT2D eigenvalue weighted by molar-refractivity contribution is 6.41. The van der Waals surface area contributed by atoms with Gasteiger partial charge in [0.25, 0.3) is 0 Å². The van der Waals surface area contributed by atoms with E-state index in [0.29, 0.717) is 0 Å². The summed E-state index contributed by atoms with van der Waals surface area (Å²) in [6.45, 7) is 3.58. The van der Waals surface area contributed by atoms with Crippen molar-refractivity contribution in [3.63, 3.8) is 0 Å². The van der Waals surface area contributed by atoms with Gasteiger partial charge >= 0.3 is 17.9 Å². The molecule has 0 unspecified atom stereocenters.